The number of H-pyrrole nitrogens is 1. The highest BCUT2D eigenvalue weighted by Gasteiger charge is 2.29. The lowest BCUT2D eigenvalue weighted by Gasteiger charge is -2.16. The Morgan fingerprint density at radius 3 is 3.04 bits per heavy atom. The number of hydrogen-bond donors (Lipinski definition) is 2. The summed E-state index contributed by atoms with van der Waals surface area (Å²) < 4.78 is 7.01. The maximum atomic E-state index is 13.0. The fourth-order valence-electron chi connectivity index (χ4n) is 3.26. The molecule has 1 aliphatic rings. The predicted molar refractivity (Wildman–Crippen MR) is 93.5 cm³/mol. The summed E-state index contributed by atoms with van der Waals surface area (Å²) in [7, 11) is 1.61. The third-order valence-corrected chi connectivity index (χ3v) is 4.56. The SMILES string of the molecule is COc1cccc(-c2[nH]ncc2C(=O)N2Cc3cnn(CCO)c3C2)c1. The van der Waals surface area contributed by atoms with E-state index < -0.39 is 0 Å². The number of hydrogen-bond acceptors (Lipinski definition) is 5. The van der Waals surface area contributed by atoms with Crippen LogP contribution < -0.4 is 4.74 Å². The molecule has 1 aliphatic heterocycles. The average Bonchev–Trinajstić information content (AvgIpc) is 3.38. The molecule has 0 fully saturated rings. The van der Waals surface area contributed by atoms with Crippen LogP contribution in [0.15, 0.2) is 36.7 Å². The molecule has 0 unspecified atom stereocenters. The van der Waals surface area contributed by atoms with Crippen molar-refractivity contribution in [2.24, 2.45) is 0 Å². The van der Waals surface area contributed by atoms with Crippen molar-refractivity contribution in [3.05, 3.63) is 53.5 Å². The van der Waals surface area contributed by atoms with Crippen LogP contribution in [0.1, 0.15) is 21.6 Å². The van der Waals surface area contributed by atoms with Crippen molar-refractivity contribution in [1.29, 1.82) is 0 Å². The molecule has 2 N–H and O–H groups in total. The van der Waals surface area contributed by atoms with E-state index in [0.29, 0.717) is 36.6 Å². The first kappa shape index (κ1) is 16.3. The van der Waals surface area contributed by atoms with E-state index in [-0.39, 0.29) is 12.5 Å². The van der Waals surface area contributed by atoms with Gasteiger partial charge in [0, 0.05) is 17.7 Å². The van der Waals surface area contributed by atoms with Gasteiger partial charge in [0.25, 0.3) is 5.91 Å². The van der Waals surface area contributed by atoms with Crippen LogP contribution in [0.3, 0.4) is 0 Å². The van der Waals surface area contributed by atoms with Crippen molar-refractivity contribution in [2.75, 3.05) is 13.7 Å². The third-order valence-electron chi connectivity index (χ3n) is 4.56. The molecule has 0 saturated carbocycles. The van der Waals surface area contributed by atoms with Crippen LogP contribution >= 0.6 is 0 Å². The number of rotatable bonds is 5. The number of methoxy groups -OCH3 is 1. The molecule has 26 heavy (non-hydrogen) atoms. The van der Waals surface area contributed by atoms with Gasteiger partial charge in [0.15, 0.2) is 0 Å². The molecule has 8 nitrogen and oxygen atoms in total. The van der Waals surface area contributed by atoms with Crippen LogP contribution in [0, 0.1) is 0 Å². The van der Waals surface area contributed by atoms with Crippen LogP contribution in [-0.4, -0.2) is 49.6 Å². The Labute approximate surface area is 150 Å². The lowest BCUT2D eigenvalue weighted by atomic mass is 10.1. The highest BCUT2D eigenvalue weighted by Crippen LogP contribution is 2.29. The van der Waals surface area contributed by atoms with Crippen molar-refractivity contribution >= 4 is 5.91 Å². The second kappa shape index (κ2) is 6.64. The molecule has 4 rings (SSSR count). The van der Waals surface area contributed by atoms with Gasteiger partial charge in [0.05, 0.1) is 56.2 Å². The summed E-state index contributed by atoms with van der Waals surface area (Å²) in [4.78, 5) is 14.8. The summed E-state index contributed by atoms with van der Waals surface area (Å²) in [6.07, 6.45) is 3.32. The van der Waals surface area contributed by atoms with Crippen molar-refractivity contribution < 1.29 is 14.6 Å². The van der Waals surface area contributed by atoms with Crippen LogP contribution in [0.25, 0.3) is 11.3 Å². The summed E-state index contributed by atoms with van der Waals surface area (Å²) in [5.41, 5.74) is 4.01. The van der Waals surface area contributed by atoms with E-state index in [1.165, 1.54) is 0 Å². The number of aliphatic hydroxyl groups is 1. The van der Waals surface area contributed by atoms with E-state index in [1.54, 1.807) is 29.1 Å². The van der Waals surface area contributed by atoms with Gasteiger partial charge in [0.2, 0.25) is 0 Å². The van der Waals surface area contributed by atoms with Gasteiger partial charge in [-0.15, -0.1) is 0 Å². The smallest absolute Gasteiger partial charge is 0.258 e. The Morgan fingerprint density at radius 2 is 2.23 bits per heavy atom. The van der Waals surface area contributed by atoms with Gasteiger partial charge in [-0.2, -0.15) is 10.2 Å². The highest BCUT2D eigenvalue weighted by molar-refractivity contribution is 6.00. The Balaban J connectivity index is 1.60. The maximum Gasteiger partial charge on any atom is 0.258 e. The second-order valence-electron chi connectivity index (χ2n) is 6.12. The van der Waals surface area contributed by atoms with Crippen molar-refractivity contribution in [2.45, 2.75) is 19.6 Å². The summed E-state index contributed by atoms with van der Waals surface area (Å²) in [6, 6.07) is 7.50. The van der Waals surface area contributed by atoms with E-state index >= 15 is 0 Å². The molecule has 3 aromatic rings. The van der Waals surface area contributed by atoms with Gasteiger partial charge in [-0.05, 0) is 12.1 Å². The molecule has 3 heterocycles. The van der Waals surface area contributed by atoms with Gasteiger partial charge in [-0.1, -0.05) is 12.1 Å². The molecule has 134 valence electrons. The number of carbonyl (C=O) groups is 1. The van der Waals surface area contributed by atoms with Crippen LogP contribution in [0.5, 0.6) is 5.75 Å². The average molecular weight is 353 g/mol. The fraction of sp³-hybridized carbons (Fsp3) is 0.278. The Hall–Kier alpha value is -3.13. The van der Waals surface area contributed by atoms with Crippen LogP contribution in [0.4, 0.5) is 0 Å². The molecule has 0 radical (unpaired) electrons. The van der Waals surface area contributed by atoms with Crippen molar-refractivity contribution in [3.8, 4) is 17.0 Å². The molecule has 1 amide bonds. The molecular formula is C18H19N5O3. The number of aliphatic hydroxyl groups excluding tert-OH is 1. The molecule has 0 aliphatic carbocycles. The van der Waals surface area contributed by atoms with Gasteiger partial charge >= 0.3 is 0 Å². The van der Waals surface area contributed by atoms with Crippen LogP contribution in [-0.2, 0) is 19.6 Å². The third kappa shape index (κ3) is 2.74. The summed E-state index contributed by atoms with van der Waals surface area (Å²) in [6.45, 7) is 1.42. The number of nitrogens with one attached hydrogen (secondary N) is 1. The van der Waals surface area contributed by atoms with E-state index in [2.05, 4.69) is 15.3 Å². The zero-order valence-electron chi connectivity index (χ0n) is 14.3. The number of fused-ring (bicyclic) bond motifs is 1. The Kier molecular flexibility index (Phi) is 4.18. The number of aromatic nitrogens is 4. The summed E-state index contributed by atoms with van der Waals surface area (Å²) in [5.74, 6) is 0.622. The minimum atomic E-state index is -0.0941. The first-order valence-corrected chi connectivity index (χ1v) is 8.32. The Bertz CT molecular complexity index is 946. The number of carbonyl (C=O) groups excluding carboxylic acids is 1. The maximum absolute atomic E-state index is 13.0. The molecule has 0 atom stereocenters. The van der Waals surface area contributed by atoms with Crippen molar-refractivity contribution in [3.63, 3.8) is 0 Å². The molecular weight excluding hydrogens is 334 g/mol. The first-order chi connectivity index (χ1) is 12.7. The molecule has 8 heteroatoms. The monoisotopic (exact) mass is 353 g/mol. The molecule has 0 spiro atoms. The van der Waals surface area contributed by atoms with Gasteiger partial charge in [-0.25, -0.2) is 0 Å². The first-order valence-electron chi connectivity index (χ1n) is 8.32. The molecule has 0 saturated heterocycles. The van der Waals surface area contributed by atoms with E-state index in [4.69, 9.17) is 9.84 Å². The van der Waals surface area contributed by atoms with Crippen molar-refractivity contribution in [1.82, 2.24) is 24.9 Å². The number of benzene rings is 1. The number of aromatic amines is 1. The number of nitrogens with zero attached hydrogens (tertiary/aromatic N) is 4. The molecule has 2 aromatic heterocycles. The van der Waals surface area contributed by atoms with Gasteiger partial charge in [-0.3, -0.25) is 14.6 Å². The minimum Gasteiger partial charge on any atom is -0.497 e. The van der Waals surface area contributed by atoms with Gasteiger partial charge in [0.1, 0.15) is 5.75 Å². The number of amides is 1. The molecule has 0 bridgehead atoms. The Morgan fingerprint density at radius 1 is 1.35 bits per heavy atom. The minimum absolute atomic E-state index is 0.0176. The summed E-state index contributed by atoms with van der Waals surface area (Å²) >= 11 is 0. The largest absolute Gasteiger partial charge is 0.497 e. The number of ether oxygens (including phenoxy) is 1. The van der Waals surface area contributed by atoms with E-state index in [9.17, 15) is 4.79 Å². The quantitative estimate of drug-likeness (QED) is 0.723. The fourth-order valence-corrected chi connectivity index (χ4v) is 3.26. The molecule has 1 aromatic carbocycles. The second-order valence-corrected chi connectivity index (χ2v) is 6.12. The normalized spacial score (nSPS) is 13.1. The summed E-state index contributed by atoms with van der Waals surface area (Å²) in [5, 5.41) is 20.4. The zero-order valence-corrected chi connectivity index (χ0v) is 14.3. The van der Waals surface area contributed by atoms with Gasteiger partial charge < -0.3 is 14.7 Å². The van der Waals surface area contributed by atoms with E-state index in [1.807, 2.05) is 24.3 Å². The zero-order chi connectivity index (χ0) is 18.1. The predicted octanol–water partition coefficient (Wildman–Crippen LogP) is 1.43. The van der Waals surface area contributed by atoms with Crippen LogP contribution in [0.2, 0.25) is 0 Å². The topological polar surface area (TPSA) is 96.3 Å². The lowest BCUT2D eigenvalue weighted by molar-refractivity contribution is 0.0748. The highest BCUT2D eigenvalue weighted by atomic mass is 16.5. The standard InChI is InChI=1S/C18H19N5O3/c1-26-14-4-2-3-12(7-14)17-15(9-19-21-17)18(25)22-10-13-8-20-23(5-6-24)16(13)11-22/h2-4,7-9,24H,5-6,10-11H2,1H3,(H,19,21). The van der Waals surface area contributed by atoms with E-state index in [0.717, 1.165) is 16.8 Å². The lowest BCUT2D eigenvalue weighted by Crippen LogP contribution is -2.26.